The van der Waals surface area contributed by atoms with Crippen LogP contribution in [0.1, 0.15) is 5.69 Å². The minimum absolute atomic E-state index is 0.213. The monoisotopic (exact) mass is 373 g/mol. The lowest BCUT2D eigenvalue weighted by atomic mass is 10.3. The van der Waals surface area contributed by atoms with Crippen LogP contribution in [-0.2, 0) is 11.3 Å². The van der Waals surface area contributed by atoms with Gasteiger partial charge in [-0.1, -0.05) is 0 Å². The molecule has 0 aromatic carbocycles. The molecule has 0 amide bonds. The standard InChI is InChI=1S/C15H12BrN5O2/c1-22-5-4-21-15-11(9-20-21)13(2-3-18-15)23-14-6-10(16)8-19-12(14)7-17/h2-3,6,8-9H,4-5H2,1H3. The molecule has 8 heteroatoms. The van der Waals surface area contributed by atoms with Gasteiger partial charge in [0, 0.05) is 24.0 Å². The van der Waals surface area contributed by atoms with Crippen LogP contribution >= 0.6 is 15.9 Å². The second-order valence-corrected chi connectivity index (χ2v) is 5.54. The van der Waals surface area contributed by atoms with Crippen LogP contribution in [0.4, 0.5) is 0 Å². The Morgan fingerprint density at radius 3 is 2.96 bits per heavy atom. The normalized spacial score (nSPS) is 10.7. The highest BCUT2D eigenvalue weighted by atomic mass is 79.9. The van der Waals surface area contributed by atoms with Gasteiger partial charge >= 0.3 is 0 Å². The third-order valence-corrected chi connectivity index (χ3v) is 3.59. The predicted molar refractivity (Wildman–Crippen MR) is 86.1 cm³/mol. The van der Waals surface area contributed by atoms with E-state index in [1.165, 1.54) is 0 Å². The van der Waals surface area contributed by atoms with E-state index in [0.717, 1.165) is 9.86 Å². The van der Waals surface area contributed by atoms with Crippen molar-refractivity contribution in [3.8, 4) is 17.6 Å². The van der Waals surface area contributed by atoms with Crippen molar-refractivity contribution >= 4 is 27.0 Å². The number of rotatable bonds is 5. The fourth-order valence-electron chi connectivity index (χ4n) is 2.09. The highest BCUT2D eigenvalue weighted by molar-refractivity contribution is 9.10. The molecule has 0 N–H and O–H groups in total. The Morgan fingerprint density at radius 1 is 1.30 bits per heavy atom. The first-order valence-corrected chi connectivity index (χ1v) is 7.55. The Balaban J connectivity index is 2.00. The fraction of sp³-hybridized carbons (Fsp3) is 0.200. The van der Waals surface area contributed by atoms with Crippen LogP contribution in [0.3, 0.4) is 0 Å². The third kappa shape index (κ3) is 3.16. The molecule has 0 unspecified atom stereocenters. The summed E-state index contributed by atoms with van der Waals surface area (Å²) in [5.41, 5.74) is 0.908. The van der Waals surface area contributed by atoms with Gasteiger partial charge < -0.3 is 9.47 Å². The molecule has 0 radical (unpaired) electrons. The number of nitrogens with zero attached hydrogens (tertiary/aromatic N) is 5. The van der Waals surface area contributed by atoms with E-state index in [4.69, 9.17) is 14.7 Å². The number of ether oxygens (including phenoxy) is 2. The number of aromatic nitrogens is 4. The molecule has 0 fully saturated rings. The molecule has 116 valence electrons. The van der Waals surface area contributed by atoms with Crippen molar-refractivity contribution in [1.29, 1.82) is 5.26 Å². The van der Waals surface area contributed by atoms with Gasteiger partial charge in [0.2, 0.25) is 0 Å². The van der Waals surface area contributed by atoms with Crippen LogP contribution in [0.15, 0.2) is 35.2 Å². The van der Waals surface area contributed by atoms with Gasteiger partial charge in [0.05, 0.1) is 24.7 Å². The van der Waals surface area contributed by atoms with Gasteiger partial charge in [0.1, 0.15) is 11.8 Å². The van der Waals surface area contributed by atoms with E-state index >= 15 is 0 Å². The molecule has 0 aliphatic carbocycles. The van der Waals surface area contributed by atoms with Gasteiger partial charge in [0.25, 0.3) is 0 Å². The van der Waals surface area contributed by atoms with Crippen LogP contribution in [0.25, 0.3) is 11.0 Å². The quantitative estimate of drug-likeness (QED) is 0.683. The third-order valence-electron chi connectivity index (χ3n) is 3.15. The van der Waals surface area contributed by atoms with E-state index in [9.17, 15) is 0 Å². The lowest BCUT2D eigenvalue weighted by Gasteiger charge is -2.08. The van der Waals surface area contributed by atoms with E-state index in [-0.39, 0.29) is 5.69 Å². The maximum Gasteiger partial charge on any atom is 0.183 e. The molecule has 0 bridgehead atoms. The van der Waals surface area contributed by atoms with Gasteiger partial charge in [-0.15, -0.1) is 0 Å². The first-order valence-electron chi connectivity index (χ1n) is 6.76. The molecule has 0 atom stereocenters. The number of pyridine rings is 2. The van der Waals surface area contributed by atoms with Crippen molar-refractivity contribution in [2.24, 2.45) is 0 Å². The number of methoxy groups -OCH3 is 1. The number of halogens is 1. The summed E-state index contributed by atoms with van der Waals surface area (Å²) in [6.45, 7) is 1.13. The average molecular weight is 374 g/mol. The summed E-state index contributed by atoms with van der Waals surface area (Å²) in [5, 5.41) is 14.2. The first kappa shape index (κ1) is 15.4. The molecule has 0 aliphatic rings. The molecule has 0 spiro atoms. The number of nitriles is 1. The van der Waals surface area contributed by atoms with Crippen molar-refractivity contribution < 1.29 is 9.47 Å². The fourth-order valence-corrected chi connectivity index (χ4v) is 2.40. The van der Waals surface area contributed by atoms with Crippen molar-refractivity contribution in [1.82, 2.24) is 19.7 Å². The maximum absolute atomic E-state index is 9.15. The predicted octanol–water partition coefficient (Wildman–Crippen LogP) is 2.90. The smallest absolute Gasteiger partial charge is 0.183 e. The number of fused-ring (bicyclic) bond motifs is 1. The molecule has 0 saturated heterocycles. The van der Waals surface area contributed by atoms with E-state index in [1.807, 2.05) is 6.07 Å². The SMILES string of the molecule is COCCn1ncc2c(Oc3cc(Br)cnc3C#N)ccnc21. The van der Waals surface area contributed by atoms with E-state index in [0.29, 0.717) is 30.3 Å². The highest BCUT2D eigenvalue weighted by Gasteiger charge is 2.13. The van der Waals surface area contributed by atoms with Gasteiger partial charge in [-0.25, -0.2) is 14.6 Å². The number of hydrogen-bond acceptors (Lipinski definition) is 6. The summed E-state index contributed by atoms with van der Waals surface area (Å²) in [5.74, 6) is 0.939. The summed E-state index contributed by atoms with van der Waals surface area (Å²) in [7, 11) is 1.64. The van der Waals surface area contributed by atoms with Gasteiger partial charge in [-0.2, -0.15) is 10.4 Å². The Hall–Kier alpha value is -2.50. The average Bonchev–Trinajstić information content (AvgIpc) is 2.97. The van der Waals surface area contributed by atoms with Crippen LogP contribution in [0.5, 0.6) is 11.5 Å². The van der Waals surface area contributed by atoms with Crippen LogP contribution in [0, 0.1) is 11.3 Å². The zero-order chi connectivity index (χ0) is 16.2. The minimum atomic E-state index is 0.213. The molecular weight excluding hydrogens is 362 g/mol. The summed E-state index contributed by atoms with van der Waals surface area (Å²) < 4.78 is 13.4. The lowest BCUT2D eigenvalue weighted by Crippen LogP contribution is -2.06. The number of hydrogen-bond donors (Lipinski definition) is 0. The Morgan fingerprint density at radius 2 is 2.17 bits per heavy atom. The molecule has 3 aromatic rings. The molecule has 0 saturated carbocycles. The topological polar surface area (TPSA) is 85.9 Å². The zero-order valence-corrected chi connectivity index (χ0v) is 13.8. The summed E-state index contributed by atoms with van der Waals surface area (Å²) in [6, 6.07) is 5.44. The minimum Gasteiger partial charge on any atom is -0.453 e. The Labute approximate surface area is 140 Å². The molecular formula is C15H12BrN5O2. The van der Waals surface area contributed by atoms with E-state index in [1.54, 1.807) is 42.5 Å². The molecule has 7 nitrogen and oxygen atoms in total. The molecule has 3 aromatic heterocycles. The van der Waals surface area contributed by atoms with E-state index < -0.39 is 0 Å². The highest BCUT2D eigenvalue weighted by Crippen LogP contribution is 2.31. The van der Waals surface area contributed by atoms with Crippen molar-refractivity contribution in [2.75, 3.05) is 13.7 Å². The van der Waals surface area contributed by atoms with Crippen molar-refractivity contribution in [3.05, 3.63) is 40.9 Å². The van der Waals surface area contributed by atoms with Gasteiger partial charge in [-0.05, 0) is 28.1 Å². The largest absolute Gasteiger partial charge is 0.453 e. The van der Waals surface area contributed by atoms with Gasteiger partial charge in [0.15, 0.2) is 17.1 Å². The molecule has 0 aliphatic heterocycles. The van der Waals surface area contributed by atoms with Gasteiger partial charge in [-0.3, -0.25) is 0 Å². The molecule has 3 heterocycles. The second-order valence-electron chi connectivity index (χ2n) is 4.62. The molecule has 23 heavy (non-hydrogen) atoms. The zero-order valence-electron chi connectivity index (χ0n) is 12.2. The lowest BCUT2D eigenvalue weighted by molar-refractivity contribution is 0.184. The second kappa shape index (κ2) is 6.73. The van der Waals surface area contributed by atoms with Crippen LogP contribution < -0.4 is 4.74 Å². The summed E-state index contributed by atoms with van der Waals surface area (Å²) >= 11 is 3.33. The van der Waals surface area contributed by atoms with E-state index in [2.05, 4.69) is 31.0 Å². The van der Waals surface area contributed by atoms with Crippen molar-refractivity contribution in [2.45, 2.75) is 6.54 Å². The van der Waals surface area contributed by atoms with Crippen molar-refractivity contribution in [3.63, 3.8) is 0 Å². The Kier molecular flexibility index (Phi) is 4.50. The first-order chi connectivity index (χ1) is 11.2. The summed E-state index contributed by atoms with van der Waals surface area (Å²) in [4.78, 5) is 8.36. The maximum atomic E-state index is 9.15. The van der Waals surface area contributed by atoms with Crippen LogP contribution in [-0.4, -0.2) is 33.5 Å². The summed E-state index contributed by atoms with van der Waals surface area (Å²) in [6.07, 6.45) is 4.88. The molecule has 3 rings (SSSR count). The Bertz CT molecular complexity index is 887. The van der Waals surface area contributed by atoms with Crippen LogP contribution in [0.2, 0.25) is 0 Å².